The number of ketones is 1. The van der Waals surface area contributed by atoms with Crippen molar-refractivity contribution in [3.63, 3.8) is 0 Å². The molecule has 0 spiro atoms. The van der Waals surface area contributed by atoms with Gasteiger partial charge in [-0.3, -0.25) is 4.79 Å². The number of esters is 1. The van der Waals surface area contributed by atoms with E-state index >= 15 is 0 Å². The molecule has 3 nitrogen and oxygen atoms in total. The highest BCUT2D eigenvalue weighted by Crippen LogP contribution is 2.52. The first-order valence-electron chi connectivity index (χ1n) is 6.47. The summed E-state index contributed by atoms with van der Waals surface area (Å²) in [6.45, 7) is 3.81. The molecule has 17 heavy (non-hydrogen) atoms. The second-order valence-electron chi connectivity index (χ2n) is 5.47. The minimum atomic E-state index is -0.373. The molecule has 94 valence electrons. The Morgan fingerprint density at radius 2 is 2.12 bits per heavy atom. The van der Waals surface area contributed by atoms with E-state index in [2.05, 4.69) is 0 Å². The molecule has 3 atom stereocenters. The number of hydrogen-bond donors (Lipinski definition) is 0. The quantitative estimate of drug-likeness (QED) is 0.556. The van der Waals surface area contributed by atoms with Gasteiger partial charge >= 0.3 is 5.97 Å². The average Bonchev–Trinajstić information content (AvgIpc) is 2.85. The Morgan fingerprint density at radius 1 is 1.35 bits per heavy atom. The average molecular weight is 236 g/mol. The van der Waals surface area contributed by atoms with Crippen LogP contribution in [0, 0.1) is 11.8 Å². The van der Waals surface area contributed by atoms with E-state index in [0.29, 0.717) is 12.3 Å². The summed E-state index contributed by atoms with van der Waals surface area (Å²) < 4.78 is 5.55. The van der Waals surface area contributed by atoms with Gasteiger partial charge in [0.2, 0.25) is 0 Å². The van der Waals surface area contributed by atoms with Crippen LogP contribution in [0.25, 0.3) is 0 Å². The Hall–Kier alpha value is -1.12. The fourth-order valence-corrected chi connectivity index (χ4v) is 3.22. The Kier molecular flexibility index (Phi) is 3.36. The highest BCUT2D eigenvalue weighted by molar-refractivity contribution is 5.95. The second kappa shape index (κ2) is 4.63. The SMILES string of the molecule is CCC(=O)/C=C\C(=O)OC1(C)CC2CCC1C2. The lowest BCUT2D eigenvalue weighted by molar-refractivity contribution is -0.157. The Labute approximate surface area is 102 Å². The summed E-state index contributed by atoms with van der Waals surface area (Å²) in [5.41, 5.74) is -0.292. The van der Waals surface area contributed by atoms with Gasteiger partial charge in [-0.2, -0.15) is 0 Å². The maximum atomic E-state index is 11.6. The molecule has 0 aromatic carbocycles. The van der Waals surface area contributed by atoms with Crippen molar-refractivity contribution in [2.75, 3.05) is 0 Å². The van der Waals surface area contributed by atoms with E-state index in [1.54, 1.807) is 6.92 Å². The molecule has 2 aliphatic rings. The summed E-state index contributed by atoms with van der Waals surface area (Å²) in [4.78, 5) is 22.7. The van der Waals surface area contributed by atoms with Crippen molar-refractivity contribution in [2.45, 2.75) is 51.6 Å². The number of carbonyl (C=O) groups excluding carboxylic acids is 2. The van der Waals surface area contributed by atoms with Gasteiger partial charge in [0.25, 0.3) is 0 Å². The minimum Gasteiger partial charge on any atom is -0.456 e. The van der Waals surface area contributed by atoms with E-state index in [1.807, 2.05) is 6.92 Å². The highest BCUT2D eigenvalue weighted by Gasteiger charge is 2.50. The molecule has 2 fully saturated rings. The molecule has 3 heteroatoms. The van der Waals surface area contributed by atoms with Crippen LogP contribution in [0.4, 0.5) is 0 Å². The normalized spacial score (nSPS) is 35.4. The molecule has 0 amide bonds. The molecule has 2 saturated carbocycles. The number of allylic oxidation sites excluding steroid dienone is 1. The summed E-state index contributed by atoms with van der Waals surface area (Å²) in [7, 11) is 0. The number of rotatable bonds is 4. The third kappa shape index (κ3) is 2.59. The van der Waals surface area contributed by atoms with Crippen molar-refractivity contribution in [1.29, 1.82) is 0 Å². The zero-order valence-electron chi connectivity index (χ0n) is 10.6. The second-order valence-corrected chi connectivity index (χ2v) is 5.47. The largest absolute Gasteiger partial charge is 0.456 e. The standard InChI is InChI=1S/C14H20O3/c1-3-12(15)6-7-13(16)17-14(2)9-10-4-5-11(14)8-10/h6-7,10-11H,3-5,8-9H2,1-2H3/b7-6-. The molecule has 2 aliphatic carbocycles. The highest BCUT2D eigenvalue weighted by atomic mass is 16.6. The third-order valence-electron chi connectivity index (χ3n) is 4.19. The Morgan fingerprint density at radius 3 is 2.65 bits per heavy atom. The van der Waals surface area contributed by atoms with Crippen molar-refractivity contribution in [3.05, 3.63) is 12.2 Å². The Balaban J connectivity index is 1.91. The van der Waals surface area contributed by atoms with E-state index in [-0.39, 0.29) is 17.4 Å². The van der Waals surface area contributed by atoms with E-state index < -0.39 is 0 Å². The van der Waals surface area contributed by atoms with Gasteiger partial charge in [-0.1, -0.05) is 6.92 Å². The fraction of sp³-hybridized carbons (Fsp3) is 0.714. The first kappa shape index (κ1) is 12.3. The van der Waals surface area contributed by atoms with Crippen molar-refractivity contribution in [1.82, 2.24) is 0 Å². The van der Waals surface area contributed by atoms with E-state index in [0.717, 1.165) is 12.3 Å². The van der Waals surface area contributed by atoms with Crippen LogP contribution in [0.15, 0.2) is 12.2 Å². The van der Waals surface area contributed by atoms with Gasteiger partial charge in [-0.15, -0.1) is 0 Å². The first-order valence-corrected chi connectivity index (χ1v) is 6.47. The van der Waals surface area contributed by atoms with Gasteiger partial charge in [0, 0.05) is 12.5 Å². The van der Waals surface area contributed by atoms with Gasteiger partial charge in [-0.25, -0.2) is 4.79 Å². The number of ether oxygens (including phenoxy) is 1. The number of carbonyl (C=O) groups is 2. The van der Waals surface area contributed by atoms with E-state index in [9.17, 15) is 9.59 Å². The molecule has 0 N–H and O–H groups in total. The molecule has 0 aliphatic heterocycles. The lowest BCUT2D eigenvalue weighted by Crippen LogP contribution is -2.36. The van der Waals surface area contributed by atoms with Crippen LogP contribution in [0.5, 0.6) is 0 Å². The lowest BCUT2D eigenvalue weighted by Gasteiger charge is -2.33. The van der Waals surface area contributed by atoms with Crippen molar-refractivity contribution in [2.24, 2.45) is 11.8 Å². The molecule has 2 rings (SSSR count). The van der Waals surface area contributed by atoms with Crippen molar-refractivity contribution < 1.29 is 14.3 Å². The predicted octanol–water partition coefficient (Wildman–Crippen LogP) is 2.64. The molecule has 3 unspecified atom stereocenters. The molecule has 0 heterocycles. The number of hydrogen-bond acceptors (Lipinski definition) is 3. The summed E-state index contributed by atoms with van der Waals surface area (Å²) in [5.74, 6) is 0.840. The minimum absolute atomic E-state index is 0.0416. The first-order chi connectivity index (χ1) is 8.03. The van der Waals surface area contributed by atoms with Crippen LogP contribution < -0.4 is 0 Å². The van der Waals surface area contributed by atoms with E-state index in [1.165, 1.54) is 31.4 Å². The van der Waals surface area contributed by atoms with Crippen molar-refractivity contribution >= 4 is 11.8 Å². The molecular formula is C14H20O3. The smallest absolute Gasteiger partial charge is 0.331 e. The monoisotopic (exact) mass is 236 g/mol. The van der Waals surface area contributed by atoms with Gasteiger partial charge < -0.3 is 4.74 Å². The predicted molar refractivity (Wildman–Crippen MR) is 64.4 cm³/mol. The molecule has 0 aromatic heterocycles. The topological polar surface area (TPSA) is 43.4 Å². The van der Waals surface area contributed by atoms with Crippen LogP contribution in [0.1, 0.15) is 46.0 Å². The molecule has 0 aromatic rings. The zero-order valence-corrected chi connectivity index (χ0v) is 10.6. The van der Waals surface area contributed by atoms with Gasteiger partial charge in [-0.05, 0) is 50.5 Å². The summed E-state index contributed by atoms with van der Waals surface area (Å²) in [6, 6.07) is 0. The summed E-state index contributed by atoms with van der Waals surface area (Å²) >= 11 is 0. The molecule has 0 radical (unpaired) electrons. The van der Waals surface area contributed by atoms with Crippen LogP contribution in [0.3, 0.4) is 0 Å². The third-order valence-corrected chi connectivity index (χ3v) is 4.19. The van der Waals surface area contributed by atoms with Crippen LogP contribution in [-0.2, 0) is 14.3 Å². The van der Waals surface area contributed by atoms with Crippen molar-refractivity contribution in [3.8, 4) is 0 Å². The molecule has 0 saturated heterocycles. The van der Waals surface area contributed by atoms with Gasteiger partial charge in [0.05, 0.1) is 0 Å². The lowest BCUT2D eigenvalue weighted by atomic mass is 9.86. The van der Waals surface area contributed by atoms with E-state index in [4.69, 9.17) is 4.74 Å². The summed E-state index contributed by atoms with van der Waals surface area (Å²) in [6.07, 6.45) is 7.64. The molecular weight excluding hydrogens is 216 g/mol. The summed E-state index contributed by atoms with van der Waals surface area (Å²) in [5, 5.41) is 0. The van der Waals surface area contributed by atoms with Crippen LogP contribution in [-0.4, -0.2) is 17.4 Å². The Bertz CT molecular complexity index is 358. The van der Waals surface area contributed by atoms with Gasteiger partial charge in [0.15, 0.2) is 5.78 Å². The van der Waals surface area contributed by atoms with Gasteiger partial charge in [0.1, 0.15) is 5.60 Å². The zero-order chi connectivity index (χ0) is 12.5. The fourth-order valence-electron chi connectivity index (χ4n) is 3.22. The van der Waals surface area contributed by atoms with Crippen LogP contribution >= 0.6 is 0 Å². The maximum absolute atomic E-state index is 11.6. The molecule has 2 bridgehead atoms. The van der Waals surface area contributed by atoms with Crippen LogP contribution in [0.2, 0.25) is 0 Å². The maximum Gasteiger partial charge on any atom is 0.331 e. The number of fused-ring (bicyclic) bond motifs is 2.